The maximum atomic E-state index is 6.13. The first-order valence-electron chi connectivity index (χ1n) is 9.38. The summed E-state index contributed by atoms with van der Waals surface area (Å²) in [4.78, 5) is 12.1. The molecule has 0 amide bonds. The maximum absolute atomic E-state index is 6.13. The first kappa shape index (κ1) is 18.3. The summed E-state index contributed by atoms with van der Waals surface area (Å²) >= 11 is 6.13. The van der Waals surface area contributed by atoms with Gasteiger partial charge in [0.25, 0.3) is 0 Å². The van der Waals surface area contributed by atoms with E-state index < -0.39 is 0 Å². The van der Waals surface area contributed by atoms with Crippen molar-refractivity contribution in [2.45, 2.75) is 13.3 Å². The van der Waals surface area contributed by atoms with Crippen LogP contribution in [0.2, 0.25) is 5.02 Å². The lowest BCUT2D eigenvalue weighted by Crippen LogP contribution is -2.52. The van der Waals surface area contributed by atoms with Gasteiger partial charge in [0.1, 0.15) is 0 Å². The molecule has 1 unspecified atom stereocenters. The fourth-order valence-electron chi connectivity index (χ4n) is 3.67. The van der Waals surface area contributed by atoms with Crippen LogP contribution < -0.4 is 10.2 Å². The van der Waals surface area contributed by atoms with Gasteiger partial charge in [0.2, 0.25) is 0 Å². The van der Waals surface area contributed by atoms with E-state index >= 15 is 0 Å². The van der Waals surface area contributed by atoms with Crippen LogP contribution in [-0.4, -0.2) is 75.2 Å². The Morgan fingerprint density at radius 3 is 2.68 bits per heavy atom. The number of anilines is 1. The van der Waals surface area contributed by atoms with Crippen LogP contribution in [0.3, 0.4) is 0 Å². The van der Waals surface area contributed by atoms with Crippen molar-refractivity contribution >= 4 is 23.2 Å². The van der Waals surface area contributed by atoms with Gasteiger partial charge in [0.05, 0.1) is 0 Å². The predicted octanol–water partition coefficient (Wildman–Crippen LogP) is 2.38. The largest absolute Gasteiger partial charge is 0.368 e. The molecule has 1 aromatic rings. The number of likely N-dealkylation sites (tertiary alicyclic amines) is 1. The maximum Gasteiger partial charge on any atom is 0.194 e. The summed E-state index contributed by atoms with van der Waals surface area (Å²) in [6, 6.07) is 8.14. The van der Waals surface area contributed by atoms with Gasteiger partial charge in [-0.3, -0.25) is 4.99 Å². The van der Waals surface area contributed by atoms with Crippen LogP contribution in [0.25, 0.3) is 0 Å². The van der Waals surface area contributed by atoms with Crippen LogP contribution in [0.15, 0.2) is 29.3 Å². The fraction of sp³-hybridized carbons (Fsp3) is 0.632. The van der Waals surface area contributed by atoms with Crippen LogP contribution in [0, 0.1) is 5.92 Å². The van der Waals surface area contributed by atoms with Crippen LogP contribution in [0.5, 0.6) is 0 Å². The highest BCUT2D eigenvalue weighted by atomic mass is 35.5. The smallest absolute Gasteiger partial charge is 0.194 e. The Morgan fingerprint density at radius 2 is 2.04 bits per heavy atom. The number of rotatable bonds is 4. The van der Waals surface area contributed by atoms with Crippen LogP contribution in [0.4, 0.5) is 5.69 Å². The molecule has 1 atom stereocenters. The van der Waals surface area contributed by atoms with E-state index in [1.165, 1.54) is 25.2 Å². The summed E-state index contributed by atoms with van der Waals surface area (Å²) in [5.74, 6) is 1.77. The van der Waals surface area contributed by atoms with Gasteiger partial charge in [-0.15, -0.1) is 0 Å². The Morgan fingerprint density at radius 1 is 1.24 bits per heavy atom. The minimum atomic E-state index is 0.700. The molecule has 0 aliphatic carbocycles. The standard InChI is InChI=1S/C19H30ClN5/c1-3-21-19(22-14-16-7-8-23(2)15-16)25-11-9-24(10-12-25)18-6-4-5-17(20)13-18/h4-6,13,16H,3,7-12,14-15H2,1-2H3,(H,21,22). The number of piperazine rings is 1. The zero-order valence-corrected chi connectivity index (χ0v) is 16.2. The van der Waals surface area contributed by atoms with Crippen molar-refractivity contribution in [1.29, 1.82) is 0 Å². The third kappa shape index (κ3) is 5.02. The molecule has 1 aromatic carbocycles. The first-order valence-corrected chi connectivity index (χ1v) is 9.76. The van der Waals surface area contributed by atoms with Crippen molar-refractivity contribution in [3.8, 4) is 0 Å². The van der Waals surface area contributed by atoms with Crippen molar-refractivity contribution in [1.82, 2.24) is 15.1 Å². The number of hydrogen-bond donors (Lipinski definition) is 1. The predicted molar refractivity (Wildman–Crippen MR) is 107 cm³/mol. The Balaban J connectivity index is 1.56. The highest BCUT2D eigenvalue weighted by molar-refractivity contribution is 6.30. The number of nitrogens with one attached hydrogen (secondary N) is 1. The fourth-order valence-corrected chi connectivity index (χ4v) is 3.85. The molecular formula is C19H30ClN5. The Kier molecular flexibility index (Phi) is 6.43. The minimum Gasteiger partial charge on any atom is -0.368 e. The van der Waals surface area contributed by atoms with E-state index in [0.717, 1.165) is 50.3 Å². The molecule has 5 nitrogen and oxygen atoms in total. The van der Waals surface area contributed by atoms with Gasteiger partial charge in [-0.05, 0) is 51.1 Å². The van der Waals surface area contributed by atoms with Crippen LogP contribution in [-0.2, 0) is 0 Å². The van der Waals surface area contributed by atoms with E-state index in [9.17, 15) is 0 Å². The average Bonchev–Trinajstić information content (AvgIpc) is 3.04. The molecule has 2 heterocycles. The molecule has 2 aliphatic heterocycles. The lowest BCUT2D eigenvalue weighted by Gasteiger charge is -2.37. The molecule has 0 aromatic heterocycles. The lowest BCUT2D eigenvalue weighted by atomic mass is 10.1. The second-order valence-electron chi connectivity index (χ2n) is 7.07. The zero-order chi connectivity index (χ0) is 17.6. The second kappa shape index (κ2) is 8.77. The number of halogens is 1. The highest BCUT2D eigenvalue weighted by Crippen LogP contribution is 2.21. The van der Waals surface area contributed by atoms with Gasteiger partial charge in [-0.25, -0.2) is 0 Å². The van der Waals surface area contributed by atoms with E-state index in [4.69, 9.17) is 16.6 Å². The van der Waals surface area contributed by atoms with Gasteiger partial charge in [-0.2, -0.15) is 0 Å². The molecule has 3 rings (SSSR count). The van der Waals surface area contributed by atoms with Crippen molar-refractivity contribution in [2.75, 3.05) is 64.3 Å². The summed E-state index contributed by atoms with van der Waals surface area (Å²) in [6.07, 6.45) is 1.27. The van der Waals surface area contributed by atoms with Crippen molar-refractivity contribution in [3.05, 3.63) is 29.3 Å². The van der Waals surface area contributed by atoms with Crippen molar-refractivity contribution < 1.29 is 0 Å². The normalized spacial score (nSPS) is 22.5. The number of guanidine groups is 1. The lowest BCUT2D eigenvalue weighted by molar-refractivity contribution is 0.369. The van der Waals surface area contributed by atoms with Gasteiger partial charge >= 0.3 is 0 Å². The second-order valence-corrected chi connectivity index (χ2v) is 7.50. The summed E-state index contributed by atoms with van der Waals surface area (Å²) in [6.45, 7) is 10.3. The molecule has 6 heteroatoms. The summed E-state index contributed by atoms with van der Waals surface area (Å²) in [5, 5.41) is 4.28. The number of aliphatic imine (C=N–C) groups is 1. The van der Waals surface area contributed by atoms with E-state index in [-0.39, 0.29) is 0 Å². The first-order chi connectivity index (χ1) is 12.2. The molecule has 0 radical (unpaired) electrons. The van der Waals surface area contributed by atoms with E-state index in [1.54, 1.807) is 0 Å². The molecule has 0 saturated carbocycles. The van der Waals surface area contributed by atoms with Crippen LogP contribution >= 0.6 is 11.6 Å². The highest BCUT2D eigenvalue weighted by Gasteiger charge is 2.22. The van der Waals surface area contributed by atoms with Gasteiger partial charge in [0, 0.05) is 56.5 Å². The molecule has 2 aliphatic rings. The van der Waals surface area contributed by atoms with Crippen molar-refractivity contribution in [3.63, 3.8) is 0 Å². The molecule has 2 fully saturated rings. The molecule has 0 bridgehead atoms. The zero-order valence-electron chi connectivity index (χ0n) is 15.4. The summed E-state index contributed by atoms with van der Waals surface area (Å²) < 4.78 is 0. The number of hydrogen-bond acceptors (Lipinski definition) is 3. The number of nitrogens with zero attached hydrogens (tertiary/aromatic N) is 4. The SMILES string of the molecule is CCNC(=NCC1CCN(C)C1)N1CCN(c2cccc(Cl)c2)CC1. The van der Waals surface area contributed by atoms with E-state index in [1.807, 2.05) is 18.2 Å². The van der Waals surface area contributed by atoms with Crippen LogP contribution in [0.1, 0.15) is 13.3 Å². The minimum absolute atomic E-state index is 0.700. The number of benzene rings is 1. The third-order valence-electron chi connectivity index (χ3n) is 5.08. The Labute approximate surface area is 156 Å². The molecule has 138 valence electrons. The quantitative estimate of drug-likeness (QED) is 0.658. The van der Waals surface area contributed by atoms with E-state index in [0.29, 0.717) is 5.92 Å². The van der Waals surface area contributed by atoms with Gasteiger partial charge < -0.3 is 20.0 Å². The molecule has 1 N–H and O–H groups in total. The summed E-state index contributed by atoms with van der Waals surface area (Å²) in [7, 11) is 2.20. The van der Waals surface area contributed by atoms with E-state index in [2.05, 4.69) is 40.1 Å². The van der Waals surface area contributed by atoms with Gasteiger partial charge in [-0.1, -0.05) is 17.7 Å². The molecular weight excluding hydrogens is 334 g/mol. The topological polar surface area (TPSA) is 34.1 Å². The Hall–Kier alpha value is -1.46. The molecule has 0 spiro atoms. The van der Waals surface area contributed by atoms with Crippen molar-refractivity contribution in [2.24, 2.45) is 10.9 Å². The van der Waals surface area contributed by atoms with Gasteiger partial charge in [0.15, 0.2) is 5.96 Å². The molecule has 25 heavy (non-hydrogen) atoms. The summed E-state index contributed by atoms with van der Waals surface area (Å²) in [5.41, 5.74) is 1.21. The third-order valence-corrected chi connectivity index (χ3v) is 5.31. The average molecular weight is 364 g/mol. The molecule has 2 saturated heterocycles. The monoisotopic (exact) mass is 363 g/mol. The Bertz CT molecular complexity index is 583.